The van der Waals surface area contributed by atoms with Crippen molar-refractivity contribution in [1.29, 1.82) is 0 Å². The first-order valence-electron chi connectivity index (χ1n) is 13.7. The van der Waals surface area contributed by atoms with E-state index in [-0.39, 0.29) is 23.5 Å². The molecule has 2 aromatic carbocycles. The average molecular weight is 652 g/mol. The SMILES string of the molecule is CCc1sc(C2CCCC2)nc1-c1ccc(C(F)(F)F)cc1CN(Cc1cc(C(F)(F)F)cc(C(F)(F)F)c1)/C(N)=N/NC. The van der Waals surface area contributed by atoms with Crippen LogP contribution in [-0.4, -0.2) is 22.9 Å². The van der Waals surface area contributed by atoms with E-state index in [2.05, 4.69) is 10.5 Å². The summed E-state index contributed by atoms with van der Waals surface area (Å²) in [6.45, 7) is 0.854. The molecule has 3 N–H and O–H groups in total. The Kier molecular flexibility index (Phi) is 9.76. The number of alkyl halides is 9. The van der Waals surface area contributed by atoms with Crippen molar-refractivity contribution < 1.29 is 39.5 Å². The highest BCUT2D eigenvalue weighted by molar-refractivity contribution is 7.12. The summed E-state index contributed by atoms with van der Waals surface area (Å²) in [7, 11) is 1.36. The molecule has 44 heavy (non-hydrogen) atoms. The number of hydrogen-bond acceptors (Lipinski definition) is 4. The summed E-state index contributed by atoms with van der Waals surface area (Å²) in [5.41, 5.74) is 4.93. The van der Waals surface area contributed by atoms with Crippen LogP contribution in [0.15, 0.2) is 41.5 Å². The Labute approximate surface area is 252 Å². The molecule has 3 aromatic rings. The summed E-state index contributed by atoms with van der Waals surface area (Å²) in [5.74, 6) is -0.113. The van der Waals surface area contributed by atoms with Crippen LogP contribution in [0.25, 0.3) is 11.3 Å². The molecule has 4 rings (SSSR count). The number of nitrogens with one attached hydrogen (secondary N) is 1. The maximum absolute atomic E-state index is 13.8. The second-order valence-corrected chi connectivity index (χ2v) is 11.6. The molecular formula is C29H30F9N5S. The standard InChI is InChI=1S/C29H30F9N5S/c1-3-23-24(41-25(44-23)17-6-4-5-7-17)22-9-8-19(27(30,31)32)12-18(22)15-43(26(39)42-40-2)14-16-10-20(28(33,34)35)13-21(11-16)29(36,37)38/h8-13,17,40H,3-7,14-15H2,1-2H3,(H2,39,42). The van der Waals surface area contributed by atoms with Gasteiger partial charge in [0.1, 0.15) is 0 Å². The van der Waals surface area contributed by atoms with Gasteiger partial charge in [0.05, 0.1) is 27.4 Å². The van der Waals surface area contributed by atoms with Crippen molar-refractivity contribution >= 4 is 17.3 Å². The van der Waals surface area contributed by atoms with Crippen molar-refractivity contribution in [1.82, 2.24) is 15.3 Å². The van der Waals surface area contributed by atoms with Crippen LogP contribution in [0.2, 0.25) is 0 Å². The van der Waals surface area contributed by atoms with Gasteiger partial charge in [-0.3, -0.25) is 0 Å². The molecule has 1 saturated carbocycles. The van der Waals surface area contributed by atoms with Gasteiger partial charge in [-0.2, -0.15) is 39.5 Å². The molecule has 0 radical (unpaired) electrons. The molecule has 0 atom stereocenters. The fraction of sp³-hybridized carbons (Fsp3) is 0.448. The van der Waals surface area contributed by atoms with Crippen molar-refractivity contribution in [3.8, 4) is 11.3 Å². The van der Waals surface area contributed by atoms with Crippen molar-refractivity contribution in [3.05, 3.63) is 74.1 Å². The molecule has 1 aromatic heterocycles. The van der Waals surface area contributed by atoms with E-state index < -0.39 is 53.9 Å². The van der Waals surface area contributed by atoms with E-state index in [1.165, 1.54) is 24.5 Å². The number of nitrogens with zero attached hydrogens (tertiary/aromatic N) is 3. The molecule has 0 saturated heterocycles. The molecule has 0 bridgehead atoms. The van der Waals surface area contributed by atoms with E-state index >= 15 is 0 Å². The quantitative estimate of drug-likeness (QED) is 0.111. The van der Waals surface area contributed by atoms with Gasteiger partial charge in [-0.25, -0.2) is 4.98 Å². The minimum absolute atomic E-state index is 0.000240. The normalized spacial score (nSPS) is 15.2. The third-order valence-corrected chi connectivity index (χ3v) is 8.72. The largest absolute Gasteiger partial charge is 0.416 e. The minimum atomic E-state index is -5.09. The number of hydrogen-bond donors (Lipinski definition) is 2. The summed E-state index contributed by atoms with van der Waals surface area (Å²) in [6.07, 6.45) is -10.3. The Morgan fingerprint density at radius 2 is 1.50 bits per heavy atom. The molecule has 15 heteroatoms. The van der Waals surface area contributed by atoms with E-state index in [1.54, 1.807) is 0 Å². The Bertz CT molecular complexity index is 1450. The Morgan fingerprint density at radius 3 is 2.02 bits per heavy atom. The lowest BCUT2D eigenvalue weighted by Gasteiger charge is -2.26. The average Bonchev–Trinajstić information content (AvgIpc) is 3.61. The molecule has 0 spiro atoms. The highest BCUT2D eigenvalue weighted by atomic mass is 32.1. The summed E-state index contributed by atoms with van der Waals surface area (Å²) in [6, 6.07) is 4.21. The molecule has 1 heterocycles. The van der Waals surface area contributed by atoms with Gasteiger partial charge in [-0.1, -0.05) is 25.8 Å². The highest BCUT2D eigenvalue weighted by Crippen LogP contribution is 2.42. The Balaban J connectivity index is 1.83. The second-order valence-electron chi connectivity index (χ2n) is 10.5. The Hall–Kier alpha value is -3.49. The molecule has 240 valence electrons. The van der Waals surface area contributed by atoms with Crippen LogP contribution in [-0.2, 0) is 38.0 Å². The molecule has 1 aliphatic rings. The first-order chi connectivity index (χ1) is 20.5. The minimum Gasteiger partial charge on any atom is -0.368 e. The number of rotatable bonds is 8. The molecule has 0 amide bonds. The zero-order valence-corrected chi connectivity index (χ0v) is 24.5. The third kappa shape index (κ3) is 7.77. The Morgan fingerprint density at radius 1 is 0.909 bits per heavy atom. The number of hydrazone groups is 1. The number of thiazole rings is 1. The van der Waals surface area contributed by atoms with E-state index in [4.69, 9.17) is 10.7 Å². The number of aromatic nitrogens is 1. The van der Waals surface area contributed by atoms with E-state index in [9.17, 15) is 39.5 Å². The summed E-state index contributed by atoms with van der Waals surface area (Å²) in [4.78, 5) is 6.79. The number of guanidine groups is 1. The lowest BCUT2D eigenvalue weighted by molar-refractivity contribution is -0.143. The number of benzene rings is 2. The first kappa shape index (κ1) is 33.4. The van der Waals surface area contributed by atoms with Crippen LogP contribution in [0.1, 0.15) is 76.2 Å². The van der Waals surface area contributed by atoms with Gasteiger partial charge in [0.2, 0.25) is 5.96 Å². The maximum atomic E-state index is 13.8. The molecular weight excluding hydrogens is 621 g/mol. The summed E-state index contributed by atoms with van der Waals surface area (Å²) in [5, 5.41) is 4.70. The second kappa shape index (κ2) is 12.9. The van der Waals surface area contributed by atoms with Crippen LogP contribution in [0.5, 0.6) is 0 Å². The third-order valence-electron chi connectivity index (χ3n) is 7.36. The van der Waals surface area contributed by atoms with Crippen LogP contribution >= 0.6 is 11.3 Å². The predicted molar refractivity (Wildman–Crippen MR) is 150 cm³/mol. The monoisotopic (exact) mass is 651 g/mol. The van der Waals surface area contributed by atoms with Crippen LogP contribution < -0.4 is 11.2 Å². The molecule has 0 unspecified atom stereocenters. The summed E-state index contributed by atoms with van der Waals surface area (Å²) < 4.78 is 123. The molecule has 0 aliphatic heterocycles. The van der Waals surface area contributed by atoms with Crippen LogP contribution in [0.4, 0.5) is 39.5 Å². The van der Waals surface area contributed by atoms with Crippen molar-refractivity contribution in [2.24, 2.45) is 10.8 Å². The molecule has 5 nitrogen and oxygen atoms in total. The fourth-order valence-electron chi connectivity index (χ4n) is 5.24. The first-order valence-corrected chi connectivity index (χ1v) is 14.6. The fourth-order valence-corrected chi connectivity index (χ4v) is 6.43. The zero-order valence-electron chi connectivity index (χ0n) is 23.7. The smallest absolute Gasteiger partial charge is 0.368 e. The van der Waals surface area contributed by atoms with Crippen molar-refractivity contribution in [2.75, 3.05) is 7.05 Å². The van der Waals surface area contributed by atoms with Gasteiger partial charge in [0, 0.05) is 36.5 Å². The van der Waals surface area contributed by atoms with Gasteiger partial charge in [-0.15, -0.1) is 16.4 Å². The van der Waals surface area contributed by atoms with Gasteiger partial charge in [-0.05, 0) is 60.7 Å². The lowest BCUT2D eigenvalue weighted by atomic mass is 9.98. The number of halogens is 9. The van der Waals surface area contributed by atoms with E-state index in [0.29, 0.717) is 29.8 Å². The van der Waals surface area contributed by atoms with Gasteiger partial charge >= 0.3 is 18.5 Å². The zero-order chi connectivity index (χ0) is 32.4. The van der Waals surface area contributed by atoms with Gasteiger partial charge in [0.25, 0.3) is 0 Å². The lowest BCUT2D eigenvalue weighted by Crippen LogP contribution is -2.38. The van der Waals surface area contributed by atoms with Crippen LogP contribution in [0, 0.1) is 0 Å². The molecule has 1 fully saturated rings. The van der Waals surface area contributed by atoms with Crippen LogP contribution in [0.3, 0.4) is 0 Å². The molecule has 1 aliphatic carbocycles. The number of aryl methyl sites for hydroxylation is 1. The topological polar surface area (TPSA) is 66.5 Å². The van der Waals surface area contributed by atoms with E-state index in [0.717, 1.165) is 52.6 Å². The number of nitrogens with two attached hydrogens (primary N) is 1. The van der Waals surface area contributed by atoms with Crippen molar-refractivity contribution in [3.63, 3.8) is 0 Å². The highest BCUT2D eigenvalue weighted by Gasteiger charge is 2.37. The predicted octanol–water partition coefficient (Wildman–Crippen LogP) is 8.54. The van der Waals surface area contributed by atoms with Gasteiger partial charge in [0.15, 0.2) is 0 Å². The summed E-state index contributed by atoms with van der Waals surface area (Å²) >= 11 is 1.50. The maximum Gasteiger partial charge on any atom is 0.416 e. The van der Waals surface area contributed by atoms with Gasteiger partial charge < -0.3 is 16.1 Å². The van der Waals surface area contributed by atoms with Crippen molar-refractivity contribution in [2.45, 2.75) is 76.6 Å². The van der Waals surface area contributed by atoms with E-state index in [1.807, 2.05) is 6.92 Å².